The van der Waals surface area contributed by atoms with Gasteiger partial charge in [0.2, 0.25) is 11.7 Å². The fourth-order valence-corrected chi connectivity index (χ4v) is 3.46. The third-order valence-corrected chi connectivity index (χ3v) is 5.18. The summed E-state index contributed by atoms with van der Waals surface area (Å²) in [7, 11) is 3.92. The summed E-state index contributed by atoms with van der Waals surface area (Å²) in [4.78, 5) is 21.9. The molecule has 0 bridgehead atoms. The van der Waals surface area contributed by atoms with Crippen LogP contribution in [0.4, 0.5) is 5.69 Å². The Morgan fingerprint density at radius 2 is 2.12 bits per heavy atom. The van der Waals surface area contributed by atoms with Crippen LogP contribution in [0.15, 0.2) is 46.3 Å². The molecular weight excluding hydrogens is 336 g/mol. The molecule has 0 radical (unpaired) electrons. The van der Waals surface area contributed by atoms with Crippen molar-refractivity contribution in [2.45, 2.75) is 5.92 Å². The second-order valence-electron chi connectivity index (χ2n) is 6.29. The van der Waals surface area contributed by atoms with E-state index in [0.717, 1.165) is 10.6 Å². The lowest BCUT2D eigenvalue weighted by Crippen LogP contribution is -2.48. The van der Waals surface area contributed by atoms with E-state index in [4.69, 9.17) is 4.52 Å². The third kappa shape index (κ3) is 3.02. The number of anilines is 1. The molecule has 3 heterocycles. The lowest BCUT2D eigenvalue weighted by molar-refractivity contribution is 0.0569. The summed E-state index contributed by atoms with van der Waals surface area (Å²) in [5, 5.41) is 6.02. The number of nitrogens with zero attached hydrogens (tertiary/aromatic N) is 4. The Labute approximate surface area is 149 Å². The normalized spacial score (nSPS) is 14.4. The van der Waals surface area contributed by atoms with Gasteiger partial charge in [-0.1, -0.05) is 17.3 Å². The SMILES string of the molecule is CN(C)c1cccc(C(=O)N2CC(c3nc(-c4cccs4)no3)C2)c1. The van der Waals surface area contributed by atoms with Gasteiger partial charge in [-0.2, -0.15) is 4.98 Å². The molecule has 1 saturated heterocycles. The van der Waals surface area contributed by atoms with Crippen LogP contribution in [0.5, 0.6) is 0 Å². The topological polar surface area (TPSA) is 62.5 Å². The van der Waals surface area contributed by atoms with Gasteiger partial charge in [0.1, 0.15) is 0 Å². The van der Waals surface area contributed by atoms with Crippen molar-refractivity contribution in [2.24, 2.45) is 0 Å². The number of carbonyl (C=O) groups excluding carboxylic acids is 1. The average molecular weight is 354 g/mol. The number of aromatic nitrogens is 2. The van der Waals surface area contributed by atoms with Gasteiger partial charge in [-0.3, -0.25) is 4.79 Å². The lowest BCUT2D eigenvalue weighted by atomic mass is 9.98. The summed E-state index contributed by atoms with van der Waals surface area (Å²) in [6, 6.07) is 11.6. The maximum absolute atomic E-state index is 12.6. The van der Waals surface area contributed by atoms with Crippen LogP contribution in [0.1, 0.15) is 22.2 Å². The minimum Gasteiger partial charge on any atom is -0.378 e. The Morgan fingerprint density at radius 1 is 1.28 bits per heavy atom. The first-order valence-corrected chi connectivity index (χ1v) is 8.94. The number of benzene rings is 1. The van der Waals surface area contributed by atoms with E-state index < -0.39 is 0 Å². The molecule has 1 aromatic carbocycles. The molecule has 128 valence electrons. The van der Waals surface area contributed by atoms with Gasteiger partial charge in [-0.05, 0) is 29.6 Å². The second-order valence-corrected chi connectivity index (χ2v) is 7.23. The Balaban J connectivity index is 1.42. The molecule has 0 spiro atoms. The number of hydrogen-bond acceptors (Lipinski definition) is 6. The predicted octanol–water partition coefficient (Wildman–Crippen LogP) is 3.10. The zero-order valence-electron chi connectivity index (χ0n) is 14.0. The van der Waals surface area contributed by atoms with E-state index >= 15 is 0 Å². The Kier molecular flexibility index (Phi) is 4.01. The molecule has 0 saturated carbocycles. The molecule has 0 unspecified atom stereocenters. The van der Waals surface area contributed by atoms with Gasteiger partial charge in [0.15, 0.2) is 0 Å². The summed E-state index contributed by atoms with van der Waals surface area (Å²) in [5.74, 6) is 1.38. The number of hydrogen-bond donors (Lipinski definition) is 0. The monoisotopic (exact) mass is 354 g/mol. The number of thiophene rings is 1. The van der Waals surface area contributed by atoms with Crippen molar-refractivity contribution in [1.82, 2.24) is 15.0 Å². The van der Waals surface area contributed by atoms with E-state index in [-0.39, 0.29) is 11.8 Å². The maximum Gasteiger partial charge on any atom is 0.253 e. The largest absolute Gasteiger partial charge is 0.378 e. The molecule has 1 amide bonds. The van der Waals surface area contributed by atoms with Gasteiger partial charge >= 0.3 is 0 Å². The van der Waals surface area contributed by atoms with Gasteiger partial charge in [-0.15, -0.1) is 11.3 Å². The molecule has 1 aliphatic heterocycles. The Bertz CT molecular complexity index is 882. The van der Waals surface area contributed by atoms with Crippen molar-refractivity contribution in [1.29, 1.82) is 0 Å². The number of amides is 1. The van der Waals surface area contributed by atoms with Crippen LogP contribution in [0, 0.1) is 0 Å². The zero-order chi connectivity index (χ0) is 17.4. The van der Waals surface area contributed by atoms with Crippen LogP contribution in [0.25, 0.3) is 10.7 Å². The Morgan fingerprint density at radius 3 is 2.84 bits per heavy atom. The van der Waals surface area contributed by atoms with E-state index in [1.165, 1.54) is 0 Å². The van der Waals surface area contributed by atoms with E-state index in [1.54, 1.807) is 11.3 Å². The first-order chi connectivity index (χ1) is 12.1. The minimum absolute atomic E-state index is 0.0398. The Hall–Kier alpha value is -2.67. The summed E-state index contributed by atoms with van der Waals surface area (Å²) >= 11 is 1.58. The molecule has 1 fully saturated rings. The smallest absolute Gasteiger partial charge is 0.253 e. The molecule has 0 aliphatic carbocycles. The van der Waals surface area contributed by atoms with Gasteiger partial charge in [-0.25, -0.2) is 0 Å². The van der Waals surface area contributed by atoms with E-state index in [9.17, 15) is 4.79 Å². The molecule has 4 rings (SSSR count). The highest BCUT2D eigenvalue weighted by molar-refractivity contribution is 7.13. The van der Waals surface area contributed by atoms with Crippen molar-refractivity contribution in [3.63, 3.8) is 0 Å². The first kappa shape index (κ1) is 15.8. The van der Waals surface area contributed by atoms with Crippen LogP contribution in [-0.4, -0.2) is 48.1 Å². The predicted molar refractivity (Wildman–Crippen MR) is 97.0 cm³/mol. The number of likely N-dealkylation sites (tertiary alicyclic amines) is 1. The van der Waals surface area contributed by atoms with E-state index in [2.05, 4.69) is 10.1 Å². The molecule has 3 aromatic rings. The van der Waals surface area contributed by atoms with Crippen molar-refractivity contribution >= 4 is 22.9 Å². The lowest BCUT2D eigenvalue weighted by Gasteiger charge is -2.37. The standard InChI is InChI=1S/C18H18N4O2S/c1-21(2)14-6-3-5-12(9-14)18(23)22-10-13(11-22)17-19-16(20-24-17)15-7-4-8-25-15/h3-9,13H,10-11H2,1-2H3. The van der Waals surface area contributed by atoms with Gasteiger partial charge in [0.25, 0.3) is 5.91 Å². The van der Waals surface area contributed by atoms with Gasteiger partial charge in [0, 0.05) is 38.4 Å². The third-order valence-electron chi connectivity index (χ3n) is 4.31. The van der Waals surface area contributed by atoms with E-state index in [0.29, 0.717) is 30.4 Å². The van der Waals surface area contributed by atoms with Gasteiger partial charge < -0.3 is 14.3 Å². The molecule has 0 N–H and O–H groups in total. The molecule has 2 aromatic heterocycles. The van der Waals surface area contributed by atoms with Crippen LogP contribution >= 0.6 is 11.3 Å². The highest BCUT2D eigenvalue weighted by Gasteiger charge is 2.36. The number of carbonyl (C=O) groups is 1. The van der Waals surface area contributed by atoms with Gasteiger partial charge in [0.05, 0.1) is 10.8 Å². The maximum atomic E-state index is 12.6. The van der Waals surface area contributed by atoms with Crippen LogP contribution < -0.4 is 4.90 Å². The summed E-state index contributed by atoms with van der Waals surface area (Å²) < 4.78 is 5.38. The summed E-state index contributed by atoms with van der Waals surface area (Å²) in [6.07, 6.45) is 0. The van der Waals surface area contributed by atoms with Crippen LogP contribution in [0.2, 0.25) is 0 Å². The van der Waals surface area contributed by atoms with E-state index in [1.807, 2.05) is 65.7 Å². The summed E-state index contributed by atoms with van der Waals surface area (Å²) in [6.45, 7) is 1.22. The first-order valence-electron chi connectivity index (χ1n) is 8.06. The minimum atomic E-state index is 0.0398. The highest BCUT2D eigenvalue weighted by atomic mass is 32.1. The van der Waals surface area contributed by atoms with Crippen molar-refractivity contribution in [3.8, 4) is 10.7 Å². The quantitative estimate of drug-likeness (QED) is 0.720. The second kappa shape index (κ2) is 6.33. The highest BCUT2D eigenvalue weighted by Crippen LogP contribution is 2.30. The number of rotatable bonds is 4. The zero-order valence-corrected chi connectivity index (χ0v) is 14.9. The van der Waals surface area contributed by atoms with Crippen molar-refractivity contribution < 1.29 is 9.32 Å². The van der Waals surface area contributed by atoms with Crippen LogP contribution in [-0.2, 0) is 0 Å². The fourth-order valence-electron chi connectivity index (χ4n) is 2.81. The van der Waals surface area contributed by atoms with Crippen molar-refractivity contribution in [3.05, 3.63) is 53.2 Å². The van der Waals surface area contributed by atoms with Crippen LogP contribution in [0.3, 0.4) is 0 Å². The molecule has 25 heavy (non-hydrogen) atoms. The molecule has 0 atom stereocenters. The molecule has 6 nitrogen and oxygen atoms in total. The fraction of sp³-hybridized carbons (Fsp3) is 0.278. The summed E-state index contributed by atoms with van der Waals surface area (Å²) in [5.41, 5.74) is 1.72. The van der Waals surface area contributed by atoms with Crippen molar-refractivity contribution in [2.75, 3.05) is 32.1 Å². The molecule has 1 aliphatic rings. The molecule has 7 heteroatoms. The average Bonchev–Trinajstić information content (AvgIpc) is 3.25. The molecular formula is C18H18N4O2S.